The zero-order valence-electron chi connectivity index (χ0n) is 41.3. The number of rotatable bonds is 15. The predicted molar refractivity (Wildman–Crippen MR) is 271 cm³/mol. The summed E-state index contributed by atoms with van der Waals surface area (Å²) in [6.07, 6.45) is 1.54. The topological polar surface area (TPSA) is 173 Å². The van der Waals surface area contributed by atoms with E-state index >= 15 is 0 Å². The summed E-state index contributed by atoms with van der Waals surface area (Å²) >= 11 is 0. The fourth-order valence-electron chi connectivity index (χ4n) is 7.71. The second-order valence-corrected chi connectivity index (χ2v) is 16.8. The second kappa shape index (κ2) is 25.2. The van der Waals surface area contributed by atoms with E-state index in [1.54, 1.807) is 78.7 Å². The van der Waals surface area contributed by atoms with E-state index in [1.165, 1.54) is 53.2 Å². The summed E-state index contributed by atoms with van der Waals surface area (Å²) in [5.41, 5.74) is 8.96. The molecule has 9 rings (SSSR count). The maximum Gasteiger partial charge on any atom is 0.132 e. The highest BCUT2D eigenvalue weighted by atomic mass is 19.1. The Kier molecular flexibility index (Phi) is 17.9. The van der Waals surface area contributed by atoms with Crippen LogP contribution >= 0.6 is 0 Å². The first kappa shape index (κ1) is 53.3. The van der Waals surface area contributed by atoms with Gasteiger partial charge in [0.1, 0.15) is 95.2 Å². The van der Waals surface area contributed by atoms with Crippen molar-refractivity contribution in [3.8, 4) is 52.5 Å². The lowest BCUT2D eigenvalue weighted by Crippen LogP contribution is -2.07. The molecule has 13 nitrogen and oxygen atoms in total. The maximum absolute atomic E-state index is 13.2. The molecular formula is C58H49F4N9O4. The second-order valence-electron chi connectivity index (χ2n) is 16.8. The van der Waals surface area contributed by atoms with Gasteiger partial charge in [-0.05, 0) is 155 Å². The Bertz CT molecular complexity index is 3500. The monoisotopic (exact) mass is 1010 g/mol. The molecule has 378 valence electrons. The van der Waals surface area contributed by atoms with E-state index in [0.29, 0.717) is 79.4 Å². The lowest BCUT2D eigenvalue weighted by molar-refractivity contribution is 0.288. The minimum absolute atomic E-state index is 0.0323. The van der Waals surface area contributed by atoms with Crippen molar-refractivity contribution in [2.45, 2.75) is 60.4 Å². The Morgan fingerprint density at radius 1 is 0.467 bits per heavy atom. The molecule has 0 radical (unpaired) electrons. The number of hydrogen-bond acceptors (Lipinski definition) is 10. The van der Waals surface area contributed by atoms with Gasteiger partial charge in [-0.3, -0.25) is 0 Å². The third-order valence-electron chi connectivity index (χ3n) is 11.6. The molecule has 3 aromatic heterocycles. The highest BCUT2D eigenvalue weighted by molar-refractivity contribution is 5.46. The van der Waals surface area contributed by atoms with Crippen LogP contribution in [-0.2, 0) is 26.2 Å². The molecule has 0 amide bonds. The van der Waals surface area contributed by atoms with E-state index < -0.39 is 5.82 Å². The summed E-state index contributed by atoms with van der Waals surface area (Å²) in [5.74, 6) is 0.366. The molecule has 3 heterocycles. The van der Waals surface area contributed by atoms with Gasteiger partial charge in [-0.25, -0.2) is 31.6 Å². The number of hydrogen-bond donors (Lipinski definition) is 1. The number of nitrogens with zero attached hydrogens (tertiary/aromatic N) is 9. The Balaban J connectivity index is 0.000000164. The molecule has 0 atom stereocenters. The van der Waals surface area contributed by atoms with E-state index in [-0.39, 0.29) is 43.9 Å². The minimum Gasteiger partial charge on any atom is -0.487 e. The van der Waals surface area contributed by atoms with Crippen LogP contribution in [0.2, 0.25) is 0 Å². The molecule has 0 unspecified atom stereocenters. The Morgan fingerprint density at radius 3 is 1.28 bits per heavy atom. The Labute approximate surface area is 430 Å². The normalized spacial score (nSPS) is 10.5. The number of benzene rings is 6. The van der Waals surface area contributed by atoms with Crippen molar-refractivity contribution in [1.82, 2.24) is 29.3 Å². The quantitative estimate of drug-likeness (QED) is 0.0974. The average molecular weight is 1010 g/mol. The van der Waals surface area contributed by atoms with Crippen LogP contribution in [0.3, 0.4) is 0 Å². The van der Waals surface area contributed by atoms with Gasteiger partial charge < -0.3 is 19.3 Å². The van der Waals surface area contributed by atoms with Crippen LogP contribution in [0.15, 0.2) is 146 Å². The van der Waals surface area contributed by atoms with Gasteiger partial charge in [0.2, 0.25) is 0 Å². The van der Waals surface area contributed by atoms with Crippen LogP contribution < -0.4 is 14.2 Å². The van der Waals surface area contributed by atoms with E-state index in [4.69, 9.17) is 19.3 Å². The highest BCUT2D eigenvalue weighted by Gasteiger charge is 2.20. The van der Waals surface area contributed by atoms with Gasteiger partial charge in [0.25, 0.3) is 0 Å². The highest BCUT2D eigenvalue weighted by Crippen LogP contribution is 2.26. The molecule has 17 heteroatoms. The molecule has 75 heavy (non-hydrogen) atoms. The van der Waals surface area contributed by atoms with Crippen molar-refractivity contribution >= 4 is 0 Å². The van der Waals surface area contributed by atoms with Crippen LogP contribution in [0, 0.1) is 85.0 Å². The Hall–Kier alpha value is -9.50. The van der Waals surface area contributed by atoms with Gasteiger partial charge in [-0.15, -0.1) is 0 Å². The summed E-state index contributed by atoms with van der Waals surface area (Å²) in [4.78, 5) is 0. The number of ether oxygens (including phenoxy) is 3. The predicted octanol–water partition coefficient (Wildman–Crippen LogP) is 11.7. The molecule has 0 aliphatic heterocycles. The molecule has 0 spiro atoms. The summed E-state index contributed by atoms with van der Waals surface area (Å²) in [6.45, 7) is 7.77. The SMILES string of the molecule is Cc1ccccc1OCc1c(C#N)c(C)nn1-c1ccc(F)cc1.Cc1nn(-c2ccc(F)cc2)c(COc2ccc(CCCO)cc2)c1C#N.Cc1nn(-c2ccc(F)cc2)c(COc2cccc(F)c2)c1C#N. The summed E-state index contributed by atoms with van der Waals surface area (Å²) in [5, 5.41) is 50.3. The van der Waals surface area contributed by atoms with E-state index in [9.17, 15) is 33.3 Å². The van der Waals surface area contributed by atoms with Gasteiger partial charge in [0.15, 0.2) is 0 Å². The third-order valence-corrected chi connectivity index (χ3v) is 11.6. The van der Waals surface area contributed by atoms with Crippen LogP contribution in [0.25, 0.3) is 17.1 Å². The van der Waals surface area contributed by atoms with E-state index in [0.717, 1.165) is 29.7 Å². The Morgan fingerprint density at radius 2 is 0.880 bits per heavy atom. The molecule has 0 bridgehead atoms. The molecule has 1 N–H and O–H groups in total. The lowest BCUT2D eigenvalue weighted by Gasteiger charge is -2.11. The van der Waals surface area contributed by atoms with Crippen LogP contribution in [-0.4, -0.2) is 41.1 Å². The number of nitriles is 3. The van der Waals surface area contributed by atoms with Crippen molar-refractivity contribution in [2.75, 3.05) is 6.61 Å². The first-order chi connectivity index (χ1) is 36.3. The average Bonchev–Trinajstić information content (AvgIpc) is 4.05. The molecule has 0 saturated carbocycles. The molecule has 0 fully saturated rings. The molecule has 0 aliphatic carbocycles. The van der Waals surface area contributed by atoms with Crippen molar-refractivity contribution in [2.24, 2.45) is 0 Å². The van der Waals surface area contributed by atoms with Gasteiger partial charge in [0.05, 0.1) is 51.2 Å². The minimum atomic E-state index is -0.406. The number of aliphatic hydroxyl groups is 1. The largest absolute Gasteiger partial charge is 0.487 e. The fourth-order valence-corrected chi connectivity index (χ4v) is 7.71. The maximum atomic E-state index is 13.2. The number of aromatic nitrogens is 6. The fraction of sp³-hybridized carbons (Fsp3) is 0.172. The number of aryl methyl sites for hydroxylation is 5. The third kappa shape index (κ3) is 13.5. The zero-order valence-corrected chi connectivity index (χ0v) is 41.3. The first-order valence-corrected chi connectivity index (χ1v) is 23.4. The zero-order chi connectivity index (χ0) is 53.4. The summed E-state index contributed by atoms with van der Waals surface area (Å²) in [7, 11) is 0. The van der Waals surface area contributed by atoms with Crippen molar-refractivity contribution in [3.05, 3.63) is 231 Å². The smallest absolute Gasteiger partial charge is 0.132 e. The van der Waals surface area contributed by atoms with Crippen LogP contribution in [0.4, 0.5) is 17.6 Å². The van der Waals surface area contributed by atoms with Gasteiger partial charge in [-0.2, -0.15) is 31.1 Å². The van der Waals surface area contributed by atoms with E-state index in [1.807, 2.05) is 55.5 Å². The van der Waals surface area contributed by atoms with Crippen molar-refractivity contribution < 1.29 is 36.9 Å². The lowest BCUT2D eigenvalue weighted by atomic mass is 10.1. The standard InChI is InChI=1S/C21H20FN3O2.C19H16FN3O.C18H13F2N3O/c1-15-20(13-23)21(25(24-15)18-8-6-17(22)7-9-18)14-27-19-10-4-16(5-11-19)3-2-12-26;1-13-5-3-4-6-19(13)24-12-18-17(11-21)14(2)22-23(18)16-9-7-15(20)8-10-16;1-12-17(10-21)18(11-24-16-4-2-3-14(20)9-16)23(22-12)15-7-5-13(19)6-8-15/h4-11,26H,2-3,12,14H2,1H3;3-10H,12H2,1-2H3;2-9H,11H2,1H3. The molecule has 0 aliphatic rings. The number of aliphatic hydroxyl groups excluding tert-OH is 1. The first-order valence-electron chi connectivity index (χ1n) is 23.4. The van der Waals surface area contributed by atoms with Crippen molar-refractivity contribution in [3.63, 3.8) is 0 Å². The molecule has 6 aromatic carbocycles. The number of halogens is 4. The molecule has 0 saturated heterocycles. The van der Waals surface area contributed by atoms with Gasteiger partial charge in [0, 0.05) is 12.7 Å². The van der Waals surface area contributed by atoms with Crippen LogP contribution in [0.1, 0.15) is 68.4 Å². The van der Waals surface area contributed by atoms with Crippen molar-refractivity contribution in [1.29, 1.82) is 15.8 Å². The number of para-hydroxylation sites is 1. The van der Waals surface area contributed by atoms with Gasteiger partial charge >= 0.3 is 0 Å². The summed E-state index contributed by atoms with van der Waals surface area (Å²) < 4.78 is 74.8. The van der Waals surface area contributed by atoms with Gasteiger partial charge in [-0.1, -0.05) is 36.4 Å². The van der Waals surface area contributed by atoms with Crippen LogP contribution in [0.5, 0.6) is 17.2 Å². The summed E-state index contributed by atoms with van der Waals surface area (Å²) in [6, 6.07) is 45.2. The molecular weight excluding hydrogens is 963 g/mol. The molecule has 9 aromatic rings. The van der Waals surface area contributed by atoms with E-state index in [2.05, 4.69) is 33.5 Å².